The lowest BCUT2D eigenvalue weighted by Crippen LogP contribution is -2.37. The third kappa shape index (κ3) is 5.19. The van der Waals surface area contributed by atoms with E-state index in [1.54, 1.807) is 12.1 Å². The molecule has 0 aliphatic carbocycles. The number of furan rings is 1. The molecule has 0 radical (unpaired) electrons. The summed E-state index contributed by atoms with van der Waals surface area (Å²) in [7, 11) is 0. The fraction of sp³-hybridized carbons (Fsp3) is 0.500. The molecule has 1 atom stereocenters. The van der Waals surface area contributed by atoms with Gasteiger partial charge in [0.25, 0.3) is 0 Å². The molecule has 1 aromatic rings. The predicted molar refractivity (Wildman–Crippen MR) is 71.0 cm³/mol. The summed E-state index contributed by atoms with van der Waals surface area (Å²) in [5, 5.41) is 11.9. The predicted octanol–water partition coefficient (Wildman–Crippen LogP) is 2.12. The summed E-state index contributed by atoms with van der Waals surface area (Å²) in [6, 6.07) is 3.45. The van der Waals surface area contributed by atoms with E-state index < -0.39 is 0 Å². The highest BCUT2D eigenvalue weighted by atomic mass is 16.3. The van der Waals surface area contributed by atoms with E-state index in [-0.39, 0.29) is 18.6 Å². The van der Waals surface area contributed by atoms with Gasteiger partial charge in [0.05, 0.1) is 12.6 Å². The van der Waals surface area contributed by atoms with Gasteiger partial charge in [-0.3, -0.25) is 4.79 Å². The third-order valence-electron chi connectivity index (χ3n) is 2.48. The summed E-state index contributed by atoms with van der Waals surface area (Å²) < 4.78 is 5.31. The molecule has 4 nitrogen and oxygen atoms in total. The van der Waals surface area contributed by atoms with Gasteiger partial charge in [-0.15, -0.1) is 0 Å². The standard InChI is InChI=1S/C14H21NO3/c1-10(2)8-12(9-16)15-14(17)7-6-13-5-4-11(3)18-13/h4-7,10,12,16H,8-9H2,1-3H3,(H,15,17)/b7-6+. The van der Waals surface area contributed by atoms with Gasteiger partial charge in [-0.25, -0.2) is 0 Å². The highest BCUT2D eigenvalue weighted by Gasteiger charge is 2.11. The average molecular weight is 251 g/mol. The first-order valence-corrected chi connectivity index (χ1v) is 6.17. The van der Waals surface area contributed by atoms with Crippen molar-refractivity contribution in [3.05, 3.63) is 29.7 Å². The minimum absolute atomic E-state index is 0.0440. The number of amides is 1. The normalized spacial score (nSPS) is 13.2. The Hall–Kier alpha value is -1.55. The quantitative estimate of drug-likeness (QED) is 0.761. The van der Waals surface area contributed by atoms with Crippen LogP contribution >= 0.6 is 0 Å². The second kappa shape index (κ2) is 7.01. The zero-order chi connectivity index (χ0) is 13.5. The first-order chi connectivity index (χ1) is 8.51. The number of carbonyl (C=O) groups is 1. The van der Waals surface area contributed by atoms with Crippen LogP contribution in [0.15, 0.2) is 22.6 Å². The Morgan fingerprint density at radius 2 is 2.22 bits per heavy atom. The van der Waals surface area contributed by atoms with E-state index in [4.69, 9.17) is 9.52 Å². The minimum atomic E-state index is -0.219. The van der Waals surface area contributed by atoms with Gasteiger partial charge < -0.3 is 14.8 Å². The smallest absolute Gasteiger partial charge is 0.244 e. The molecule has 18 heavy (non-hydrogen) atoms. The maximum absolute atomic E-state index is 11.6. The Morgan fingerprint density at radius 1 is 1.50 bits per heavy atom. The molecule has 1 aromatic heterocycles. The van der Waals surface area contributed by atoms with Gasteiger partial charge in [0.15, 0.2) is 0 Å². The Labute approximate surface area is 108 Å². The Balaban J connectivity index is 2.47. The van der Waals surface area contributed by atoms with Gasteiger partial charge in [-0.1, -0.05) is 13.8 Å². The molecule has 4 heteroatoms. The number of hydrogen-bond acceptors (Lipinski definition) is 3. The molecule has 2 N–H and O–H groups in total. The highest BCUT2D eigenvalue weighted by Crippen LogP contribution is 2.08. The van der Waals surface area contributed by atoms with E-state index >= 15 is 0 Å². The molecule has 1 unspecified atom stereocenters. The largest absolute Gasteiger partial charge is 0.462 e. The molecule has 0 saturated carbocycles. The molecular formula is C14H21NO3. The lowest BCUT2D eigenvalue weighted by molar-refractivity contribution is -0.117. The average Bonchev–Trinajstić information content (AvgIpc) is 2.71. The van der Waals surface area contributed by atoms with Crippen LogP contribution in [0.2, 0.25) is 0 Å². The molecule has 0 fully saturated rings. The van der Waals surface area contributed by atoms with Gasteiger partial charge in [0, 0.05) is 6.08 Å². The molecule has 0 bridgehead atoms. The van der Waals surface area contributed by atoms with E-state index in [1.165, 1.54) is 6.08 Å². The SMILES string of the molecule is Cc1ccc(/C=C/C(=O)NC(CO)CC(C)C)o1. The van der Waals surface area contributed by atoms with Crippen molar-refractivity contribution in [2.24, 2.45) is 5.92 Å². The van der Waals surface area contributed by atoms with Crippen LogP contribution in [-0.2, 0) is 4.79 Å². The van der Waals surface area contributed by atoms with Crippen molar-refractivity contribution in [1.82, 2.24) is 5.32 Å². The zero-order valence-electron chi connectivity index (χ0n) is 11.1. The van der Waals surface area contributed by atoms with Crippen LogP contribution in [0.3, 0.4) is 0 Å². The molecule has 0 aliphatic rings. The Kier molecular flexibility index (Phi) is 5.65. The summed E-state index contributed by atoms with van der Waals surface area (Å²) in [6.07, 6.45) is 3.79. The number of nitrogens with one attached hydrogen (secondary N) is 1. The molecule has 1 rings (SSSR count). The van der Waals surface area contributed by atoms with Crippen molar-refractivity contribution in [2.75, 3.05) is 6.61 Å². The van der Waals surface area contributed by atoms with Crippen LogP contribution in [0.5, 0.6) is 0 Å². The van der Waals surface area contributed by atoms with Crippen molar-refractivity contribution in [3.8, 4) is 0 Å². The van der Waals surface area contributed by atoms with E-state index in [1.807, 2.05) is 13.0 Å². The van der Waals surface area contributed by atoms with Gasteiger partial charge in [0.2, 0.25) is 5.91 Å². The Bertz CT molecular complexity index is 407. The molecule has 1 amide bonds. The lowest BCUT2D eigenvalue weighted by atomic mass is 10.0. The maximum Gasteiger partial charge on any atom is 0.244 e. The first kappa shape index (κ1) is 14.5. The number of rotatable bonds is 6. The fourth-order valence-corrected chi connectivity index (χ4v) is 1.70. The number of hydrogen-bond donors (Lipinski definition) is 2. The summed E-state index contributed by atoms with van der Waals surface area (Å²) in [6.45, 7) is 5.91. The molecule has 100 valence electrons. The van der Waals surface area contributed by atoms with Crippen LogP contribution < -0.4 is 5.32 Å². The van der Waals surface area contributed by atoms with E-state index in [2.05, 4.69) is 19.2 Å². The minimum Gasteiger partial charge on any atom is -0.462 e. The number of aliphatic hydroxyl groups is 1. The van der Waals surface area contributed by atoms with Crippen molar-refractivity contribution in [3.63, 3.8) is 0 Å². The van der Waals surface area contributed by atoms with Crippen molar-refractivity contribution >= 4 is 12.0 Å². The summed E-state index contributed by atoms with van der Waals surface area (Å²) >= 11 is 0. The van der Waals surface area contributed by atoms with Gasteiger partial charge >= 0.3 is 0 Å². The molecule has 0 aliphatic heterocycles. The zero-order valence-corrected chi connectivity index (χ0v) is 11.1. The second-order valence-corrected chi connectivity index (χ2v) is 4.80. The van der Waals surface area contributed by atoms with Crippen molar-refractivity contribution in [2.45, 2.75) is 33.2 Å². The maximum atomic E-state index is 11.6. The van der Waals surface area contributed by atoms with Gasteiger partial charge in [0.1, 0.15) is 11.5 Å². The highest BCUT2D eigenvalue weighted by molar-refractivity contribution is 5.91. The first-order valence-electron chi connectivity index (χ1n) is 6.17. The van der Waals surface area contributed by atoms with Crippen molar-refractivity contribution < 1.29 is 14.3 Å². The van der Waals surface area contributed by atoms with Crippen LogP contribution in [0.25, 0.3) is 6.08 Å². The fourth-order valence-electron chi connectivity index (χ4n) is 1.70. The van der Waals surface area contributed by atoms with Crippen molar-refractivity contribution in [1.29, 1.82) is 0 Å². The van der Waals surface area contributed by atoms with Crippen LogP contribution in [-0.4, -0.2) is 23.7 Å². The number of aliphatic hydroxyl groups excluding tert-OH is 1. The monoisotopic (exact) mass is 251 g/mol. The summed E-state index contributed by atoms with van der Waals surface area (Å²) in [5.74, 6) is 1.66. The van der Waals surface area contributed by atoms with E-state index in [0.717, 1.165) is 12.2 Å². The third-order valence-corrected chi connectivity index (χ3v) is 2.48. The topological polar surface area (TPSA) is 62.5 Å². The molecule has 0 spiro atoms. The van der Waals surface area contributed by atoms with Crippen LogP contribution in [0, 0.1) is 12.8 Å². The second-order valence-electron chi connectivity index (χ2n) is 4.80. The number of aryl methyl sites for hydroxylation is 1. The van der Waals surface area contributed by atoms with Gasteiger partial charge in [-0.05, 0) is 37.5 Å². The lowest BCUT2D eigenvalue weighted by Gasteiger charge is -2.16. The Morgan fingerprint density at radius 3 is 2.72 bits per heavy atom. The number of carbonyl (C=O) groups excluding carboxylic acids is 1. The van der Waals surface area contributed by atoms with Crippen LogP contribution in [0.4, 0.5) is 0 Å². The van der Waals surface area contributed by atoms with E-state index in [9.17, 15) is 4.79 Å². The van der Waals surface area contributed by atoms with Gasteiger partial charge in [-0.2, -0.15) is 0 Å². The molecule has 0 saturated heterocycles. The molecular weight excluding hydrogens is 230 g/mol. The summed E-state index contributed by atoms with van der Waals surface area (Å²) in [5.41, 5.74) is 0. The molecule has 0 aromatic carbocycles. The molecule has 1 heterocycles. The van der Waals surface area contributed by atoms with Crippen LogP contribution in [0.1, 0.15) is 31.8 Å². The van der Waals surface area contributed by atoms with E-state index in [0.29, 0.717) is 11.7 Å². The summed E-state index contributed by atoms with van der Waals surface area (Å²) in [4.78, 5) is 11.6.